The summed E-state index contributed by atoms with van der Waals surface area (Å²) in [4.78, 5) is 28.4. The molecule has 8 nitrogen and oxygen atoms in total. The van der Waals surface area contributed by atoms with Gasteiger partial charge in [-0.1, -0.05) is 83.8 Å². The van der Waals surface area contributed by atoms with E-state index in [0.717, 1.165) is 23.0 Å². The minimum Gasteiger partial charge on any atom is -0.507 e. The number of ketones is 1. The highest BCUT2D eigenvalue weighted by Crippen LogP contribution is 2.45. The van der Waals surface area contributed by atoms with Crippen LogP contribution in [-0.2, 0) is 15.3 Å². The summed E-state index contributed by atoms with van der Waals surface area (Å²) in [5.41, 5.74) is 1.36. The first-order chi connectivity index (χ1) is 21.4. The molecule has 0 saturated carbocycles. The normalized spacial score (nSPS) is 15.9. The van der Waals surface area contributed by atoms with E-state index in [4.69, 9.17) is 9.47 Å². The average Bonchev–Trinajstić information content (AvgIpc) is 3.62. The number of hydrogen-bond acceptors (Lipinski definition) is 9. The number of rotatable bonds is 9. The molecule has 6 rings (SSSR count). The quantitative estimate of drug-likeness (QED) is 0.0595. The number of aliphatic hydroxyl groups excluding tert-OH is 1. The van der Waals surface area contributed by atoms with Crippen molar-refractivity contribution in [2.24, 2.45) is 0 Å². The Hall–Kier alpha value is -5.00. The second-order valence-electron chi connectivity index (χ2n) is 9.63. The highest BCUT2D eigenvalue weighted by molar-refractivity contribution is 8.00. The Morgan fingerprint density at radius 3 is 2.39 bits per heavy atom. The number of aromatic nitrogens is 2. The number of anilines is 1. The van der Waals surface area contributed by atoms with E-state index in [1.54, 1.807) is 36.4 Å². The molecule has 0 radical (unpaired) electrons. The van der Waals surface area contributed by atoms with Crippen molar-refractivity contribution in [1.29, 1.82) is 0 Å². The zero-order chi connectivity index (χ0) is 30.6. The summed E-state index contributed by atoms with van der Waals surface area (Å²) < 4.78 is 26.2. The Balaban J connectivity index is 1.42. The molecule has 0 spiro atoms. The van der Waals surface area contributed by atoms with Crippen molar-refractivity contribution in [3.05, 3.63) is 131 Å². The average molecular weight is 626 g/mol. The number of carbonyl (C=O) groups is 2. The van der Waals surface area contributed by atoms with E-state index in [1.807, 2.05) is 48.5 Å². The number of para-hydroxylation sites is 1. The van der Waals surface area contributed by atoms with E-state index in [-0.39, 0.29) is 22.0 Å². The molecular formula is C33H24FN3O5S2. The number of aliphatic hydroxyl groups is 1. The minimum atomic E-state index is -1.10. The highest BCUT2D eigenvalue weighted by atomic mass is 32.2. The second-order valence-corrected chi connectivity index (χ2v) is 11.8. The molecule has 0 aliphatic carbocycles. The van der Waals surface area contributed by atoms with Gasteiger partial charge in [-0.3, -0.25) is 14.5 Å². The molecule has 44 heavy (non-hydrogen) atoms. The van der Waals surface area contributed by atoms with Gasteiger partial charge in [0.25, 0.3) is 5.78 Å². The van der Waals surface area contributed by atoms with Gasteiger partial charge in [-0.05, 0) is 53.6 Å². The smallest absolute Gasteiger partial charge is 0.301 e. The molecule has 1 atom stereocenters. The molecule has 4 aromatic carbocycles. The Kier molecular flexibility index (Phi) is 8.40. The van der Waals surface area contributed by atoms with Crippen molar-refractivity contribution in [2.45, 2.75) is 16.1 Å². The third kappa shape index (κ3) is 5.92. The fourth-order valence-corrected chi connectivity index (χ4v) is 6.59. The molecule has 0 bridgehead atoms. The lowest BCUT2D eigenvalue weighted by Crippen LogP contribution is -2.29. The fourth-order valence-electron chi connectivity index (χ4n) is 4.76. The molecular weight excluding hydrogens is 602 g/mol. The highest BCUT2D eigenvalue weighted by Gasteiger charge is 2.48. The van der Waals surface area contributed by atoms with Crippen molar-refractivity contribution in [1.82, 2.24) is 10.2 Å². The summed E-state index contributed by atoms with van der Waals surface area (Å²) in [5.74, 6) is -1.44. The van der Waals surface area contributed by atoms with Crippen molar-refractivity contribution < 1.29 is 28.6 Å². The van der Waals surface area contributed by atoms with E-state index < -0.39 is 29.3 Å². The Labute approximate surface area is 260 Å². The Bertz CT molecular complexity index is 1860. The molecule has 1 aromatic heterocycles. The Morgan fingerprint density at radius 2 is 1.66 bits per heavy atom. The van der Waals surface area contributed by atoms with Crippen LogP contribution in [-0.4, -0.2) is 34.1 Å². The van der Waals surface area contributed by atoms with Gasteiger partial charge in [0.1, 0.15) is 17.3 Å². The van der Waals surface area contributed by atoms with Gasteiger partial charge in [0.2, 0.25) is 5.13 Å². The third-order valence-electron chi connectivity index (χ3n) is 6.83. The summed E-state index contributed by atoms with van der Waals surface area (Å²) in [6, 6.07) is 28.6. The molecule has 5 aromatic rings. The van der Waals surface area contributed by atoms with Crippen molar-refractivity contribution >= 4 is 45.7 Å². The maximum absolute atomic E-state index is 14.6. The number of benzene rings is 4. The predicted molar refractivity (Wildman–Crippen MR) is 167 cm³/mol. The number of halogens is 1. The van der Waals surface area contributed by atoms with E-state index in [2.05, 4.69) is 10.2 Å². The van der Waals surface area contributed by atoms with Crippen LogP contribution in [0.2, 0.25) is 0 Å². The first-order valence-electron chi connectivity index (χ1n) is 13.4. The number of ether oxygens (including phenoxy) is 2. The first-order valence-corrected chi connectivity index (χ1v) is 15.2. The number of carbonyl (C=O) groups excluding carboxylic acids is 2. The van der Waals surface area contributed by atoms with Crippen LogP contribution in [0.4, 0.5) is 9.52 Å². The lowest BCUT2D eigenvalue weighted by Gasteiger charge is -2.23. The molecule has 220 valence electrons. The van der Waals surface area contributed by atoms with Crippen LogP contribution in [0.15, 0.2) is 113 Å². The number of methoxy groups -OCH3 is 1. The van der Waals surface area contributed by atoms with Crippen LogP contribution in [0.25, 0.3) is 5.76 Å². The van der Waals surface area contributed by atoms with Gasteiger partial charge in [0.05, 0.1) is 18.7 Å². The molecule has 1 aliphatic heterocycles. The number of nitrogens with zero attached hydrogens (tertiary/aromatic N) is 3. The minimum absolute atomic E-state index is 0.0133. The van der Waals surface area contributed by atoms with Crippen LogP contribution in [0.3, 0.4) is 0 Å². The van der Waals surface area contributed by atoms with Gasteiger partial charge in [0, 0.05) is 11.3 Å². The van der Waals surface area contributed by atoms with Gasteiger partial charge >= 0.3 is 5.91 Å². The SMILES string of the molecule is COc1ccc(C(O)=C2C(=O)C(=O)N(c3nnc(SCc4ccccc4)s3)[C@@H]2c2cccc(Oc3ccccc3)c2)cc1F. The second kappa shape index (κ2) is 12.7. The summed E-state index contributed by atoms with van der Waals surface area (Å²) in [6.07, 6.45) is 0. The number of hydrogen-bond donors (Lipinski definition) is 1. The molecule has 1 saturated heterocycles. The van der Waals surface area contributed by atoms with Gasteiger partial charge < -0.3 is 14.6 Å². The van der Waals surface area contributed by atoms with Crippen LogP contribution < -0.4 is 14.4 Å². The lowest BCUT2D eigenvalue weighted by atomic mass is 9.95. The zero-order valence-electron chi connectivity index (χ0n) is 23.2. The van der Waals surface area contributed by atoms with Gasteiger partial charge in [-0.15, -0.1) is 10.2 Å². The van der Waals surface area contributed by atoms with E-state index in [1.165, 1.54) is 35.9 Å². The lowest BCUT2D eigenvalue weighted by molar-refractivity contribution is -0.132. The molecule has 1 fully saturated rings. The van der Waals surface area contributed by atoms with Gasteiger partial charge in [-0.2, -0.15) is 0 Å². The van der Waals surface area contributed by atoms with Crippen molar-refractivity contribution in [2.75, 3.05) is 12.0 Å². The number of Topliss-reactive ketones (excluding diaryl/α,β-unsaturated/α-hetero) is 1. The summed E-state index contributed by atoms with van der Waals surface area (Å²) in [7, 11) is 1.32. The summed E-state index contributed by atoms with van der Waals surface area (Å²) >= 11 is 2.61. The van der Waals surface area contributed by atoms with E-state index in [9.17, 15) is 19.1 Å². The monoisotopic (exact) mass is 625 g/mol. The van der Waals surface area contributed by atoms with Gasteiger partial charge in [-0.25, -0.2) is 4.39 Å². The molecule has 1 N–H and O–H groups in total. The maximum atomic E-state index is 14.6. The van der Waals surface area contributed by atoms with Crippen LogP contribution in [0, 0.1) is 5.82 Å². The molecule has 1 aliphatic rings. The van der Waals surface area contributed by atoms with E-state index >= 15 is 0 Å². The Morgan fingerprint density at radius 1 is 0.932 bits per heavy atom. The zero-order valence-corrected chi connectivity index (χ0v) is 24.8. The third-order valence-corrected chi connectivity index (χ3v) is 8.96. The first kappa shape index (κ1) is 29.1. The molecule has 11 heteroatoms. The standard InChI is InChI=1S/C33H24FN3O5S2/c1-41-26-16-15-22(18-25(26)34)29(38)27-28(21-11-8-14-24(17-21)42-23-12-6-3-7-13-23)37(31(40)30(27)39)32-35-36-33(44-32)43-19-20-9-4-2-5-10-20/h2-18,28,38H,19H2,1H3/t28-/m1/s1. The molecule has 2 heterocycles. The summed E-state index contributed by atoms with van der Waals surface area (Å²) in [6.45, 7) is 0. The van der Waals surface area contributed by atoms with Crippen molar-refractivity contribution in [3.63, 3.8) is 0 Å². The topological polar surface area (TPSA) is 102 Å². The summed E-state index contributed by atoms with van der Waals surface area (Å²) in [5, 5.41) is 20.1. The van der Waals surface area contributed by atoms with Gasteiger partial charge in [0.15, 0.2) is 15.9 Å². The van der Waals surface area contributed by atoms with Crippen LogP contribution in [0.5, 0.6) is 17.2 Å². The van der Waals surface area contributed by atoms with Crippen LogP contribution in [0.1, 0.15) is 22.7 Å². The fraction of sp³-hybridized carbons (Fsp3) is 0.0909. The van der Waals surface area contributed by atoms with E-state index in [0.29, 0.717) is 27.2 Å². The number of amides is 1. The predicted octanol–water partition coefficient (Wildman–Crippen LogP) is 7.40. The number of thioether (sulfide) groups is 1. The largest absolute Gasteiger partial charge is 0.507 e. The maximum Gasteiger partial charge on any atom is 0.301 e. The van der Waals surface area contributed by atoms with Crippen molar-refractivity contribution in [3.8, 4) is 17.2 Å². The molecule has 0 unspecified atom stereocenters. The molecule has 1 amide bonds. The van der Waals surface area contributed by atoms with Crippen LogP contribution >= 0.6 is 23.1 Å².